The van der Waals surface area contributed by atoms with Gasteiger partial charge in [0.1, 0.15) is 11.3 Å². The number of carbonyl (C=O) groups excluding carboxylic acids is 1. The molecule has 0 saturated carbocycles. The van der Waals surface area contributed by atoms with Crippen LogP contribution >= 0.6 is 0 Å². The van der Waals surface area contributed by atoms with Crippen molar-refractivity contribution in [3.63, 3.8) is 0 Å². The summed E-state index contributed by atoms with van der Waals surface area (Å²) in [5.41, 5.74) is 1.05. The molecule has 1 N–H and O–H groups in total. The van der Waals surface area contributed by atoms with E-state index in [2.05, 4.69) is 5.10 Å². The van der Waals surface area contributed by atoms with Crippen molar-refractivity contribution in [1.82, 2.24) is 18.6 Å². The summed E-state index contributed by atoms with van der Waals surface area (Å²) in [6.07, 6.45) is 5.12. The Morgan fingerprint density at radius 3 is 2.78 bits per heavy atom. The molecule has 3 aromatic rings. The minimum atomic E-state index is -4.07. The monoisotopic (exact) mass is 461 g/mol. The lowest BCUT2D eigenvalue weighted by atomic mass is 10.1. The van der Waals surface area contributed by atoms with Gasteiger partial charge in [-0.15, -0.1) is 0 Å². The second-order valence-electron chi connectivity index (χ2n) is 7.26. The van der Waals surface area contributed by atoms with Crippen molar-refractivity contribution in [3.8, 4) is 0 Å². The first-order valence-electron chi connectivity index (χ1n) is 9.91. The molecule has 2 aromatic heterocycles. The summed E-state index contributed by atoms with van der Waals surface area (Å²) in [5.74, 6) is -2.13. The molecular weight excluding hydrogens is 440 g/mol. The van der Waals surface area contributed by atoms with E-state index in [-0.39, 0.29) is 23.3 Å². The number of hydrogen-bond donors (Lipinski definition) is 1. The Balaban J connectivity index is 1.74. The maximum Gasteiger partial charge on any atom is 0.303 e. The maximum absolute atomic E-state index is 15.7. The number of carbonyl (C=O) groups is 1. The first kappa shape index (κ1) is 21.9. The predicted octanol–water partition coefficient (Wildman–Crippen LogP) is 2.79. The number of hydrogen-bond acceptors (Lipinski definition) is 5. The average molecular weight is 461 g/mol. The lowest BCUT2D eigenvalue weighted by Crippen LogP contribution is -2.41. The number of nitrogens with zero attached hydrogens (tertiary/aromatic N) is 4. The van der Waals surface area contributed by atoms with E-state index in [0.717, 1.165) is 10.5 Å². The Morgan fingerprint density at radius 1 is 1.28 bits per heavy atom. The summed E-state index contributed by atoms with van der Waals surface area (Å²) >= 11 is 0. The van der Waals surface area contributed by atoms with Crippen molar-refractivity contribution in [1.29, 1.82) is 0 Å². The molecule has 0 fully saturated rings. The number of rotatable bonds is 6. The largest absolute Gasteiger partial charge is 0.338 e. The molecule has 1 aliphatic heterocycles. The molecule has 0 bridgehead atoms. The van der Waals surface area contributed by atoms with Gasteiger partial charge in [0.15, 0.2) is 5.82 Å². The third-order valence-corrected chi connectivity index (χ3v) is 6.84. The van der Waals surface area contributed by atoms with Gasteiger partial charge in [-0.1, -0.05) is 25.1 Å². The molecule has 0 spiro atoms. The van der Waals surface area contributed by atoms with Crippen molar-refractivity contribution in [2.24, 2.45) is 0 Å². The minimum absolute atomic E-state index is 0.153. The molecule has 0 atom stereocenters. The molecule has 0 unspecified atom stereocenters. The van der Waals surface area contributed by atoms with Crippen molar-refractivity contribution >= 4 is 33.0 Å². The molecule has 1 amide bonds. The second-order valence-corrected chi connectivity index (χ2v) is 9.03. The fraction of sp³-hybridized carbons (Fsp3) is 0.238. The van der Waals surface area contributed by atoms with E-state index in [1.165, 1.54) is 36.0 Å². The van der Waals surface area contributed by atoms with Gasteiger partial charge in [0.25, 0.3) is 5.91 Å². The van der Waals surface area contributed by atoms with E-state index >= 15 is 4.39 Å². The zero-order valence-corrected chi connectivity index (χ0v) is 18.2. The van der Waals surface area contributed by atoms with Gasteiger partial charge in [0, 0.05) is 37.6 Å². The van der Waals surface area contributed by atoms with Crippen molar-refractivity contribution in [2.45, 2.75) is 13.3 Å². The summed E-state index contributed by atoms with van der Waals surface area (Å²) < 4.78 is 57.9. The fourth-order valence-electron chi connectivity index (χ4n) is 3.56. The van der Waals surface area contributed by atoms with Crippen LogP contribution in [0.2, 0.25) is 0 Å². The van der Waals surface area contributed by atoms with Crippen LogP contribution in [-0.4, -0.2) is 48.4 Å². The summed E-state index contributed by atoms with van der Waals surface area (Å²) in [6, 6.07) is 7.52. The summed E-state index contributed by atoms with van der Waals surface area (Å²) in [6.45, 7) is 2.23. The molecule has 1 aliphatic rings. The molecule has 4 rings (SSSR count). The minimum Gasteiger partial charge on any atom is -0.338 e. The molecule has 11 heteroatoms. The van der Waals surface area contributed by atoms with Crippen molar-refractivity contribution in [3.05, 3.63) is 71.6 Å². The Hall–Kier alpha value is -3.31. The number of pyridine rings is 1. The van der Waals surface area contributed by atoms with Gasteiger partial charge >= 0.3 is 10.2 Å². The number of fused-ring (bicyclic) bond motifs is 1. The van der Waals surface area contributed by atoms with Crippen LogP contribution in [0.5, 0.6) is 0 Å². The van der Waals surface area contributed by atoms with E-state index in [9.17, 15) is 17.6 Å². The van der Waals surface area contributed by atoms with Gasteiger partial charge in [-0.2, -0.15) is 17.8 Å². The van der Waals surface area contributed by atoms with Crippen LogP contribution in [0.4, 0.5) is 14.5 Å². The normalized spacial score (nSPS) is 14.3. The van der Waals surface area contributed by atoms with Crippen LogP contribution in [0.25, 0.3) is 11.2 Å². The van der Waals surface area contributed by atoms with Crippen LogP contribution in [0, 0.1) is 11.6 Å². The van der Waals surface area contributed by atoms with Crippen LogP contribution in [0.1, 0.15) is 29.3 Å². The lowest BCUT2D eigenvalue weighted by molar-refractivity contribution is 0.0981. The molecule has 0 saturated heterocycles. The number of anilines is 1. The number of halogens is 2. The number of amides is 1. The van der Waals surface area contributed by atoms with E-state index in [4.69, 9.17) is 0 Å². The molecule has 32 heavy (non-hydrogen) atoms. The molecule has 0 aliphatic carbocycles. The number of nitrogens with one attached hydrogen (secondary N) is 1. The SMILES string of the molecule is CCN(C)S(=O)(=O)NC(=O)c1cnn2ccc(N3CCC=C3c3cccc(F)c3)c(F)c12. The van der Waals surface area contributed by atoms with E-state index in [1.807, 2.05) is 10.8 Å². The van der Waals surface area contributed by atoms with Gasteiger partial charge in [-0.05, 0) is 24.6 Å². The average Bonchev–Trinajstić information content (AvgIpc) is 3.40. The highest BCUT2D eigenvalue weighted by molar-refractivity contribution is 7.87. The Morgan fingerprint density at radius 2 is 2.06 bits per heavy atom. The van der Waals surface area contributed by atoms with Crippen molar-refractivity contribution in [2.75, 3.05) is 25.0 Å². The zero-order chi connectivity index (χ0) is 23.0. The van der Waals surface area contributed by atoms with Crippen molar-refractivity contribution < 1.29 is 22.0 Å². The molecule has 168 valence electrons. The van der Waals surface area contributed by atoms with Gasteiger partial charge in [0.05, 0.1) is 17.4 Å². The van der Waals surface area contributed by atoms with Gasteiger partial charge in [-0.3, -0.25) is 4.79 Å². The third kappa shape index (κ3) is 3.84. The van der Waals surface area contributed by atoms with E-state index in [0.29, 0.717) is 24.2 Å². The van der Waals surface area contributed by atoms with Crippen LogP contribution in [0.3, 0.4) is 0 Å². The molecule has 8 nitrogen and oxygen atoms in total. The molecular formula is C21H21F2N5O3S. The number of aromatic nitrogens is 2. The molecule has 1 aromatic carbocycles. The molecule has 0 radical (unpaired) electrons. The second kappa shape index (κ2) is 8.32. The maximum atomic E-state index is 15.7. The van der Waals surface area contributed by atoms with E-state index < -0.39 is 27.8 Å². The topological polar surface area (TPSA) is 87.0 Å². The van der Waals surface area contributed by atoms with Gasteiger partial charge in [-0.25, -0.2) is 18.0 Å². The highest BCUT2D eigenvalue weighted by atomic mass is 32.2. The van der Waals surface area contributed by atoms with Gasteiger partial charge < -0.3 is 4.90 Å². The lowest BCUT2D eigenvalue weighted by Gasteiger charge is -2.24. The van der Waals surface area contributed by atoms with Crippen LogP contribution in [0.15, 0.2) is 48.8 Å². The first-order valence-corrected chi connectivity index (χ1v) is 11.3. The zero-order valence-electron chi connectivity index (χ0n) is 17.4. The first-order chi connectivity index (χ1) is 15.2. The number of benzene rings is 1. The quantitative estimate of drug-likeness (QED) is 0.610. The van der Waals surface area contributed by atoms with Crippen LogP contribution in [-0.2, 0) is 10.2 Å². The van der Waals surface area contributed by atoms with Gasteiger partial charge in [0.2, 0.25) is 0 Å². The smallest absolute Gasteiger partial charge is 0.303 e. The fourth-order valence-corrected chi connectivity index (χ4v) is 4.40. The summed E-state index contributed by atoms with van der Waals surface area (Å²) in [5, 5.41) is 3.98. The van der Waals surface area contributed by atoms with E-state index in [1.54, 1.807) is 24.0 Å². The Labute approximate surface area is 183 Å². The highest BCUT2D eigenvalue weighted by Gasteiger charge is 2.27. The predicted molar refractivity (Wildman–Crippen MR) is 116 cm³/mol. The molecule has 3 heterocycles. The Bertz CT molecular complexity index is 1340. The summed E-state index contributed by atoms with van der Waals surface area (Å²) in [4.78, 5) is 14.4. The Kier molecular flexibility index (Phi) is 5.70. The third-order valence-electron chi connectivity index (χ3n) is 5.32. The summed E-state index contributed by atoms with van der Waals surface area (Å²) in [7, 11) is -2.76. The van der Waals surface area contributed by atoms with Crippen LogP contribution < -0.4 is 9.62 Å². The standard InChI is InChI=1S/C21H21F2N5O3S/c1-3-26(2)32(30,31)25-21(29)16-13-24-28-11-9-18(19(23)20(16)28)27-10-5-8-17(27)14-6-4-7-15(22)12-14/h4,6-9,11-13H,3,5,10H2,1-2H3,(H,25,29). The highest BCUT2D eigenvalue weighted by Crippen LogP contribution is 2.35.